The Balaban J connectivity index is 0. The first kappa shape index (κ1) is 9.75. The van der Waals surface area contributed by atoms with Crippen LogP contribution in [-0.2, 0) is 0 Å². The summed E-state index contributed by atoms with van der Waals surface area (Å²) in [5.74, 6) is 0. The van der Waals surface area contributed by atoms with Crippen molar-refractivity contribution in [2.24, 2.45) is 0 Å². The van der Waals surface area contributed by atoms with Crippen LogP contribution in [0.15, 0.2) is 0 Å². The fraction of sp³-hybridized carbons (Fsp3) is 0. The fourth-order valence-electron chi connectivity index (χ4n) is 0. The topological polar surface area (TPSA) is 80.9 Å². The van der Waals surface area contributed by atoms with Gasteiger partial charge in [-0.1, -0.05) is 0 Å². The first-order chi connectivity index (χ1) is 2.00. The minimum absolute atomic E-state index is 0. The van der Waals surface area contributed by atoms with Gasteiger partial charge < -0.3 is 12.4 Å². The molecular formula is H4ClO4P. The second-order valence-electron chi connectivity index (χ2n) is 0.537. The summed E-state index contributed by atoms with van der Waals surface area (Å²) in [5.41, 5.74) is 0. The summed E-state index contributed by atoms with van der Waals surface area (Å²) in [6.07, 6.45) is 0. The maximum Gasteiger partial charge on any atom is 0.564 e. The van der Waals surface area contributed by atoms with Crippen molar-refractivity contribution < 1.29 is 32.0 Å². The van der Waals surface area contributed by atoms with Crippen LogP contribution in [0.2, 0.25) is 0 Å². The van der Waals surface area contributed by atoms with Crippen molar-refractivity contribution in [2.75, 3.05) is 0 Å². The standard InChI is InChI=1S/ClH.H4O4P/c;1-5(2,3)4/h1H;1-4H/q;+1/p-1. The monoisotopic (exact) mass is 134 g/mol. The number of rotatable bonds is 0. The third-order valence-corrected chi connectivity index (χ3v) is 0. The van der Waals surface area contributed by atoms with Gasteiger partial charge in [0.2, 0.25) is 0 Å². The molecule has 4 nitrogen and oxygen atoms in total. The molecule has 0 aliphatic heterocycles. The molecule has 0 bridgehead atoms. The molecule has 4 N–H and O–H groups in total. The van der Waals surface area contributed by atoms with E-state index in [1.54, 1.807) is 0 Å². The molecule has 6 heteroatoms. The van der Waals surface area contributed by atoms with Crippen molar-refractivity contribution in [3.8, 4) is 0 Å². The van der Waals surface area contributed by atoms with Crippen molar-refractivity contribution in [3.63, 3.8) is 0 Å². The smallest absolute Gasteiger partial charge is 0.564 e. The molecule has 0 saturated heterocycles. The zero-order valence-corrected chi connectivity index (χ0v) is 4.26. The molecule has 40 valence electrons. The molecule has 0 saturated carbocycles. The summed E-state index contributed by atoms with van der Waals surface area (Å²) < 4.78 is 0. The average molecular weight is 134 g/mol. The van der Waals surface area contributed by atoms with E-state index < -0.39 is 8.17 Å². The molecule has 0 heterocycles. The highest BCUT2D eigenvalue weighted by Gasteiger charge is 2.23. The quantitative estimate of drug-likeness (QED) is 0.253. The van der Waals surface area contributed by atoms with Crippen LogP contribution in [-0.4, -0.2) is 19.6 Å². The van der Waals surface area contributed by atoms with Crippen LogP contribution in [0.5, 0.6) is 0 Å². The zero-order valence-electron chi connectivity index (χ0n) is 2.61. The Kier molecular flexibility index (Phi) is 4.37. The van der Waals surface area contributed by atoms with Crippen molar-refractivity contribution >= 4 is 8.17 Å². The average Bonchev–Trinajstić information content (AvgIpc) is 0.722. The number of halogens is 1. The van der Waals surface area contributed by atoms with Crippen molar-refractivity contribution in [1.82, 2.24) is 0 Å². The lowest BCUT2D eigenvalue weighted by Crippen LogP contribution is -3.00. The molecule has 0 aliphatic rings. The highest BCUT2D eigenvalue weighted by atomic mass is 35.5. The molecule has 0 aromatic heterocycles. The minimum Gasteiger partial charge on any atom is -1.00 e. The predicted molar refractivity (Wildman–Crippen MR) is 15.8 cm³/mol. The summed E-state index contributed by atoms with van der Waals surface area (Å²) >= 11 is 0. The van der Waals surface area contributed by atoms with Gasteiger partial charge in [0, 0.05) is 0 Å². The van der Waals surface area contributed by atoms with Gasteiger partial charge >= 0.3 is 8.17 Å². The van der Waals surface area contributed by atoms with Crippen LogP contribution in [0.25, 0.3) is 0 Å². The molecule has 0 aliphatic carbocycles. The second-order valence-corrected chi connectivity index (χ2v) is 1.61. The van der Waals surface area contributed by atoms with Gasteiger partial charge in [0.1, 0.15) is 0 Å². The van der Waals surface area contributed by atoms with Gasteiger partial charge in [-0.05, 0) is 0 Å². The summed E-state index contributed by atoms with van der Waals surface area (Å²) in [6, 6.07) is 0. The van der Waals surface area contributed by atoms with Gasteiger partial charge in [0.25, 0.3) is 0 Å². The summed E-state index contributed by atoms with van der Waals surface area (Å²) in [5, 5.41) is 0. The van der Waals surface area contributed by atoms with Crippen LogP contribution >= 0.6 is 8.17 Å². The molecule has 0 unspecified atom stereocenters. The van der Waals surface area contributed by atoms with E-state index in [0.29, 0.717) is 0 Å². The van der Waals surface area contributed by atoms with Crippen LogP contribution in [0, 0.1) is 0 Å². The lowest BCUT2D eigenvalue weighted by molar-refractivity contribution is -0.0000119. The van der Waals surface area contributed by atoms with Crippen molar-refractivity contribution in [1.29, 1.82) is 0 Å². The van der Waals surface area contributed by atoms with Gasteiger partial charge in [-0.25, -0.2) is 0 Å². The van der Waals surface area contributed by atoms with Gasteiger partial charge in [0.15, 0.2) is 0 Å². The van der Waals surface area contributed by atoms with Crippen LogP contribution in [0.3, 0.4) is 0 Å². The predicted octanol–water partition coefficient (Wildman–Crippen LogP) is -4.36. The Bertz CT molecular complexity index is 23.0. The van der Waals surface area contributed by atoms with Gasteiger partial charge in [-0.15, -0.1) is 0 Å². The van der Waals surface area contributed by atoms with E-state index in [1.165, 1.54) is 0 Å². The SMILES string of the molecule is O[P+](O)(O)O.[Cl-]. The van der Waals surface area contributed by atoms with E-state index in [0.717, 1.165) is 0 Å². The highest BCUT2D eigenvalue weighted by Crippen LogP contribution is 2.37. The van der Waals surface area contributed by atoms with E-state index in [4.69, 9.17) is 19.6 Å². The molecule has 0 atom stereocenters. The fourth-order valence-corrected chi connectivity index (χ4v) is 0. The molecule has 0 amide bonds. The Morgan fingerprint density at radius 3 is 0.833 bits per heavy atom. The zero-order chi connectivity index (χ0) is 4.50. The maximum absolute atomic E-state index is 7.30. The second kappa shape index (κ2) is 2.69. The van der Waals surface area contributed by atoms with Gasteiger partial charge in [-0.3, -0.25) is 0 Å². The number of hydrogen-bond acceptors (Lipinski definition) is 4. The van der Waals surface area contributed by atoms with Crippen molar-refractivity contribution in [3.05, 3.63) is 0 Å². The van der Waals surface area contributed by atoms with E-state index in [9.17, 15) is 0 Å². The minimum atomic E-state index is -4.39. The maximum atomic E-state index is 7.30. The lowest BCUT2D eigenvalue weighted by Gasteiger charge is -1.83. The summed E-state index contributed by atoms with van der Waals surface area (Å²) in [6.45, 7) is 0. The van der Waals surface area contributed by atoms with Crippen molar-refractivity contribution in [2.45, 2.75) is 0 Å². The van der Waals surface area contributed by atoms with Crippen LogP contribution < -0.4 is 12.4 Å². The van der Waals surface area contributed by atoms with Gasteiger partial charge in [0.05, 0.1) is 0 Å². The molecule has 0 radical (unpaired) electrons. The molecule has 0 fully saturated rings. The molecule has 0 aromatic carbocycles. The highest BCUT2D eigenvalue weighted by molar-refractivity contribution is 7.52. The molecule has 0 spiro atoms. The Hall–Kier alpha value is 0.560. The van der Waals surface area contributed by atoms with E-state index >= 15 is 0 Å². The molecular weight excluding hydrogens is 130 g/mol. The Morgan fingerprint density at radius 2 is 0.833 bits per heavy atom. The summed E-state index contributed by atoms with van der Waals surface area (Å²) in [4.78, 5) is 29.2. The van der Waals surface area contributed by atoms with Crippen LogP contribution in [0.1, 0.15) is 0 Å². The van der Waals surface area contributed by atoms with E-state index in [-0.39, 0.29) is 12.4 Å². The Labute approximate surface area is 41.1 Å². The number of hydrogen-bond donors (Lipinski definition) is 4. The Morgan fingerprint density at radius 1 is 0.833 bits per heavy atom. The third-order valence-electron chi connectivity index (χ3n) is 0. The molecule has 0 aromatic rings. The van der Waals surface area contributed by atoms with Gasteiger partial charge in [-0.2, -0.15) is 19.6 Å². The van der Waals surface area contributed by atoms with E-state index in [2.05, 4.69) is 0 Å². The first-order valence-corrected chi connectivity index (χ1v) is 2.40. The van der Waals surface area contributed by atoms with Crippen LogP contribution in [0.4, 0.5) is 0 Å². The summed E-state index contributed by atoms with van der Waals surface area (Å²) in [7, 11) is -4.39. The third kappa shape index (κ3) is 184. The normalized spacial score (nSPS) is 10.0. The van der Waals surface area contributed by atoms with E-state index in [1.807, 2.05) is 0 Å². The largest absolute Gasteiger partial charge is 1.00 e. The lowest BCUT2D eigenvalue weighted by atomic mass is 15.7. The molecule has 6 heavy (non-hydrogen) atoms. The first-order valence-electron chi connectivity index (χ1n) is 0.800. The molecule has 0 rings (SSSR count).